The van der Waals surface area contributed by atoms with Crippen LogP contribution in [0.5, 0.6) is 0 Å². The number of carbonyl (C=O) groups is 3. The van der Waals surface area contributed by atoms with Crippen LogP contribution in [0.4, 0.5) is 0 Å². The van der Waals surface area contributed by atoms with Crippen molar-refractivity contribution >= 4 is 17.9 Å². The normalized spacial score (nSPS) is 43.0. The summed E-state index contributed by atoms with van der Waals surface area (Å²) in [5, 5.41) is 11.2. The van der Waals surface area contributed by atoms with E-state index in [1.165, 1.54) is 13.8 Å². The summed E-state index contributed by atoms with van der Waals surface area (Å²) in [7, 11) is 0. The van der Waals surface area contributed by atoms with Gasteiger partial charge in [0.05, 0.1) is 23.5 Å². The predicted octanol–water partition coefficient (Wildman–Crippen LogP) is 1.69. The van der Waals surface area contributed by atoms with Crippen LogP contribution >= 0.6 is 0 Å². The molecule has 0 aromatic heterocycles. The van der Waals surface area contributed by atoms with E-state index in [0.29, 0.717) is 6.61 Å². The van der Waals surface area contributed by atoms with E-state index in [-0.39, 0.29) is 31.3 Å². The molecule has 0 aromatic carbocycles. The van der Waals surface area contributed by atoms with Gasteiger partial charge in [-0.05, 0) is 18.4 Å². The maximum absolute atomic E-state index is 12.5. The van der Waals surface area contributed by atoms with Crippen molar-refractivity contribution in [3.63, 3.8) is 0 Å². The van der Waals surface area contributed by atoms with Gasteiger partial charge in [-0.2, -0.15) is 0 Å². The summed E-state index contributed by atoms with van der Waals surface area (Å²) in [6.07, 6.45) is -1.46. The number of aliphatic hydroxyl groups is 1. The minimum Gasteiger partial charge on any atom is -0.465 e. The number of ether oxygens (including phenoxy) is 5. The van der Waals surface area contributed by atoms with Crippen molar-refractivity contribution in [3.8, 4) is 0 Å². The lowest BCUT2D eigenvalue weighted by Gasteiger charge is -2.58. The number of hydrogen-bond acceptors (Lipinski definition) is 9. The molecule has 0 unspecified atom stereocenters. The largest absolute Gasteiger partial charge is 0.465 e. The van der Waals surface area contributed by atoms with Crippen molar-refractivity contribution in [1.29, 1.82) is 0 Å². The number of aliphatic hydroxyl groups excluding tert-OH is 1. The lowest BCUT2D eigenvalue weighted by Crippen LogP contribution is -2.68. The van der Waals surface area contributed by atoms with Crippen LogP contribution in [0.25, 0.3) is 0 Å². The van der Waals surface area contributed by atoms with Gasteiger partial charge in [-0.15, -0.1) is 0 Å². The van der Waals surface area contributed by atoms with Gasteiger partial charge < -0.3 is 28.8 Å². The van der Waals surface area contributed by atoms with Gasteiger partial charge in [0.15, 0.2) is 0 Å². The Hall–Kier alpha value is -1.97. The van der Waals surface area contributed by atoms with Gasteiger partial charge in [-0.1, -0.05) is 26.8 Å². The second-order valence-electron chi connectivity index (χ2n) is 10.5. The van der Waals surface area contributed by atoms with Crippen LogP contribution in [-0.4, -0.2) is 72.3 Å². The van der Waals surface area contributed by atoms with Crippen molar-refractivity contribution < 1.29 is 43.2 Å². The van der Waals surface area contributed by atoms with Gasteiger partial charge in [-0.25, -0.2) is 0 Å². The van der Waals surface area contributed by atoms with E-state index in [4.69, 9.17) is 23.7 Å². The molecule has 33 heavy (non-hydrogen) atoms. The Balaban J connectivity index is 1.79. The number of esters is 3. The summed E-state index contributed by atoms with van der Waals surface area (Å²) in [6.45, 7) is 10.5. The fraction of sp³-hybridized carbons (Fsp3) is 0.792. The third kappa shape index (κ3) is 3.51. The standard InChI is InChI=1S/C24H34O9/c1-12(2)7-18(27)32-16-9-23(10-29-14(4)25)17(8-13(16)3)33-21-19(28)20(31-15(5)26)22(23,6)24(21)11-30-24/h8,12,16-17,19-21,28H,7,9-11H2,1-6H3/t16-,17+,19+,20+,21-,22+,23+,24-/m0/s1. The van der Waals surface area contributed by atoms with Crippen molar-refractivity contribution in [3.05, 3.63) is 11.6 Å². The van der Waals surface area contributed by atoms with Crippen LogP contribution in [-0.2, 0) is 38.1 Å². The van der Waals surface area contributed by atoms with Crippen LogP contribution in [0.2, 0.25) is 0 Å². The van der Waals surface area contributed by atoms with Crippen molar-refractivity contribution in [1.82, 2.24) is 0 Å². The highest BCUT2D eigenvalue weighted by molar-refractivity contribution is 5.70. The van der Waals surface area contributed by atoms with Gasteiger partial charge in [0.25, 0.3) is 0 Å². The van der Waals surface area contributed by atoms with Crippen molar-refractivity contribution in [2.75, 3.05) is 13.2 Å². The highest BCUT2D eigenvalue weighted by atomic mass is 16.7. The molecular formula is C24H34O9. The zero-order chi connectivity index (χ0) is 24.3. The minimum atomic E-state index is -1.11. The first-order chi connectivity index (χ1) is 15.4. The zero-order valence-electron chi connectivity index (χ0n) is 20.1. The molecule has 184 valence electrons. The summed E-state index contributed by atoms with van der Waals surface area (Å²) < 4.78 is 29.4. The first kappa shape index (κ1) is 24.2. The van der Waals surface area contributed by atoms with Crippen LogP contribution in [0, 0.1) is 16.7 Å². The zero-order valence-corrected chi connectivity index (χ0v) is 20.1. The van der Waals surface area contributed by atoms with Gasteiger partial charge in [0.2, 0.25) is 0 Å². The van der Waals surface area contributed by atoms with Gasteiger partial charge in [0, 0.05) is 26.7 Å². The molecule has 0 amide bonds. The third-order valence-corrected chi connectivity index (χ3v) is 8.00. The van der Waals surface area contributed by atoms with Gasteiger partial charge in [-0.3, -0.25) is 14.4 Å². The average molecular weight is 467 g/mol. The van der Waals surface area contributed by atoms with Crippen LogP contribution < -0.4 is 0 Å². The highest BCUT2D eigenvalue weighted by Crippen LogP contribution is 2.72. The van der Waals surface area contributed by atoms with Crippen molar-refractivity contribution in [2.45, 2.75) is 90.5 Å². The van der Waals surface area contributed by atoms with E-state index < -0.39 is 58.9 Å². The smallest absolute Gasteiger partial charge is 0.306 e. The quantitative estimate of drug-likeness (QED) is 0.270. The molecule has 4 aliphatic rings. The summed E-state index contributed by atoms with van der Waals surface area (Å²) in [5.41, 5.74) is -2.00. The fourth-order valence-electron chi connectivity index (χ4n) is 6.26. The number of hydrogen-bond donors (Lipinski definition) is 1. The minimum absolute atomic E-state index is 0.0617. The summed E-state index contributed by atoms with van der Waals surface area (Å²) in [5.74, 6) is -1.18. The van der Waals surface area contributed by atoms with Gasteiger partial charge in [0.1, 0.15) is 36.6 Å². The van der Waals surface area contributed by atoms with Crippen LogP contribution in [0.3, 0.4) is 0 Å². The highest BCUT2D eigenvalue weighted by Gasteiger charge is 2.86. The van der Waals surface area contributed by atoms with E-state index in [1.807, 2.05) is 33.8 Å². The number of fused-ring (bicyclic) bond motifs is 2. The second kappa shape index (κ2) is 8.06. The monoisotopic (exact) mass is 466 g/mol. The first-order valence-electron chi connectivity index (χ1n) is 11.5. The molecule has 8 atom stereocenters. The van der Waals surface area contributed by atoms with E-state index in [9.17, 15) is 19.5 Å². The Bertz CT molecular complexity index is 875. The van der Waals surface area contributed by atoms with Crippen LogP contribution in [0.15, 0.2) is 11.6 Å². The molecule has 2 aliphatic heterocycles. The lowest BCUT2D eigenvalue weighted by molar-refractivity contribution is -0.241. The maximum Gasteiger partial charge on any atom is 0.306 e. The lowest BCUT2D eigenvalue weighted by atomic mass is 9.51. The number of carbonyl (C=O) groups excluding carboxylic acids is 3. The van der Waals surface area contributed by atoms with E-state index in [2.05, 4.69) is 0 Å². The molecule has 2 aliphatic carbocycles. The second-order valence-corrected chi connectivity index (χ2v) is 10.5. The maximum atomic E-state index is 12.5. The Morgan fingerprint density at radius 2 is 1.88 bits per heavy atom. The van der Waals surface area contributed by atoms with E-state index in [1.54, 1.807) is 0 Å². The molecule has 0 aromatic rings. The first-order valence-corrected chi connectivity index (χ1v) is 11.5. The molecular weight excluding hydrogens is 432 g/mol. The van der Waals surface area contributed by atoms with Crippen LogP contribution in [0.1, 0.15) is 54.4 Å². The molecule has 3 fully saturated rings. The molecule has 9 heteroatoms. The Kier molecular flexibility index (Phi) is 5.90. The Morgan fingerprint density at radius 1 is 1.21 bits per heavy atom. The van der Waals surface area contributed by atoms with E-state index in [0.717, 1.165) is 5.57 Å². The average Bonchev–Trinajstić information content (AvgIpc) is 3.48. The molecule has 0 radical (unpaired) electrons. The molecule has 9 nitrogen and oxygen atoms in total. The predicted molar refractivity (Wildman–Crippen MR) is 114 cm³/mol. The molecule has 4 rings (SSSR count). The number of rotatable bonds is 6. The Labute approximate surface area is 193 Å². The summed E-state index contributed by atoms with van der Waals surface area (Å²) >= 11 is 0. The SMILES string of the molecule is CC(=O)OC[C@]12C[C@H](OC(=O)CC(C)C)C(C)=C[C@H]1O[C@H]1[C@H](O)[C@@H](OC(C)=O)[C@@]2(C)[C@]12CO2. The molecule has 2 bridgehead atoms. The molecule has 2 saturated heterocycles. The summed E-state index contributed by atoms with van der Waals surface area (Å²) in [4.78, 5) is 36.4. The molecule has 1 spiro atoms. The Morgan fingerprint density at radius 3 is 2.42 bits per heavy atom. The van der Waals surface area contributed by atoms with Crippen molar-refractivity contribution in [2.24, 2.45) is 16.7 Å². The summed E-state index contributed by atoms with van der Waals surface area (Å²) in [6, 6.07) is 0. The van der Waals surface area contributed by atoms with E-state index >= 15 is 0 Å². The molecule has 1 saturated carbocycles. The molecule has 1 N–H and O–H groups in total. The molecule has 2 heterocycles. The topological polar surface area (TPSA) is 121 Å². The fourth-order valence-corrected chi connectivity index (χ4v) is 6.26. The van der Waals surface area contributed by atoms with Gasteiger partial charge >= 0.3 is 17.9 Å². The third-order valence-electron chi connectivity index (χ3n) is 8.00. The number of epoxide rings is 1.